The lowest BCUT2D eigenvalue weighted by Crippen LogP contribution is -2.18. The van der Waals surface area contributed by atoms with E-state index in [-0.39, 0.29) is 28.9 Å². The van der Waals surface area contributed by atoms with Gasteiger partial charge >= 0.3 is 5.69 Å². The highest BCUT2D eigenvalue weighted by molar-refractivity contribution is 7.99. The summed E-state index contributed by atoms with van der Waals surface area (Å²) < 4.78 is 1.55. The number of hydrogen-bond donors (Lipinski definition) is 2. The molecule has 0 aliphatic heterocycles. The number of H-pyrrole nitrogens is 1. The van der Waals surface area contributed by atoms with E-state index >= 15 is 0 Å². The van der Waals surface area contributed by atoms with Crippen LogP contribution in [0.5, 0.6) is 0 Å². The molecule has 1 aromatic carbocycles. The van der Waals surface area contributed by atoms with Gasteiger partial charge in [0.05, 0.1) is 10.7 Å². The highest BCUT2D eigenvalue weighted by Crippen LogP contribution is 2.36. The second kappa shape index (κ2) is 6.71. The zero-order valence-corrected chi connectivity index (χ0v) is 14.6. The molecule has 0 saturated heterocycles. The fourth-order valence-corrected chi connectivity index (χ4v) is 3.23. The number of aryl methyl sites for hydroxylation is 2. The van der Waals surface area contributed by atoms with Crippen LogP contribution in [0.25, 0.3) is 0 Å². The number of amides is 1. The van der Waals surface area contributed by atoms with Gasteiger partial charge in [-0.25, -0.2) is 9.89 Å². The molecule has 1 aliphatic carbocycles. The van der Waals surface area contributed by atoms with Crippen LogP contribution in [0.1, 0.15) is 30.0 Å². The van der Waals surface area contributed by atoms with Crippen molar-refractivity contribution < 1.29 is 9.72 Å². The standard InChI is InChI=1S/C15H17N5O4S/c1-8-5-11(12(20(23)24)6-9(8)2)16-13(21)7-25-15-18-17-14(22)19(15)10-3-4-10/h5-6,10H,3-4,7H2,1-2H3,(H,16,21)(H,17,22). The Hall–Kier alpha value is -2.62. The van der Waals surface area contributed by atoms with E-state index in [9.17, 15) is 19.7 Å². The highest BCUT2D eigenvalue weighted by atomic mass is 32.2. The number of hydrogen-bond acceptors (Lipinski definition) is 6. The van der Waals surface area contributed by atoms with Crippen molar-refractivity contribution >= 4 is 29.0 Å². The summed E-state index contributed by atoms with van der Waals surface area (Å²) in [6.07, 6.45) is 1.85. The number of carbonyl (C=O) groups is 1. The van der Waals surface area contributed by atoms with E-state index in [4.69, 9.17) is 0 Å². The van der Waals surface area contributed by atoms with Crippen LogP contribution in [-0.2, 0) is 4.79 Å². The number of anilines is 1. The van der Waals surface area contributed by atoms with E-state index < -0.39 is 10.8 Å². The number of nitro benzene ring substituents is 1. The van der Waals surface area contributed by atoms with Gasteiger partial charge in [-0.3, -0.25) is 19.5 Å². The van der Waals surface area contributed by atoms with E-state index in [0.717, 1.165) is 35.7 Å². The number of carbonyl (C=O) groups excluding carboxylic acids is 1. The van der Waals surface area contributed by atoms with Crippen molar-refractivity contribution in [2.24, 2.45) is 0 Å². The molecular weight excluding hydrogens is 346 g/mol. The molecule has 2 N–H and O–H groups in total. The van der Waals surface area contributed by atoms with E-state index in [1.807, 2.05) is 6.92 Å². The maximum atomic E-state index is 12.2. The van der Waals surface area contributed by atoms with Crippen molar-refractivity contribution in [2.75, 3.05) is 11.1 Å². The zero-order valence-electron chi connectivity index (χ0n) is 13.7. The molecule has 1 aromatic heterocycles. The Morgan fingerprint density at radius 1 is 1.44 bits per heavy atom. The topological polar surface area (TPSA) is 123 Å². The van der Waals surface area contributed by atoms with Crippen molar-refractivity contribution in [3.05, 3.63) is 43.9 Å². The summed E-state index contributed by atoms with van der Waals surface area (Å²) >= 11 is 1.12. The van der Waals surface area contributed by atoms with Crippen LogP contribution in [-0.4, -0.2) is 31.3 Å². The van der Waals surface area contributed by atoms with Crippen molar-refractivity contribution in [3.8, 4) is 0 Å². The Bertz CT molecular complexity index is 900. The fourth-order valence-electron chi connectivity index (χ4n) is 2.42. The maximum absolute atomic E-state index is 12.2. The van der Waals surface area contributed by atoms with Gasteiger partial charge in [0.1, 0.15) is 5.69 Å². The summed E-state index contributed by atoms with van der Waals surface area (Å²) in [5.41, 5.74) is 1.37. The number of aromatic nitrogens is 3. The second-order valence-corrected chi connectivity index (χ2v) is 6.90. The van der Waals surface area contributed by atoms with Gasteiger partial charge in [0.15, 0.2) is 5.16 Å². The van der Waals surface area contributed by atoms with Gasteiger partial charge in [-0.15, -0.1) is 5.10 Å². The third-order valence-corrected chi connectivity index (χ3v) is 4.95. The first-order valence-electron chi connectivity index (χ1n) is 7.72. The Labute approximate surface area is 147 Å². The molecule has 9 nitrogen and oxygen atoms in total. The predicted molar refractivity (Wildman–Crippen MR) is 93.0 cm³/mol. The van der Waals surface area contributed by atoms with Crippen molar-refractivity contribution in [3.63, 3.8) is 0 Å². The summed E-state index contributed by atoms with van der Waals surface area (Å²) in [7, 11) is 0. The lowest BCUT2D eigenvalue weighted by Gasteiger charge is -2.09. The molecule has 0 bridgehead atoms. The van der Waals surface area contributed by atoms with E-state index in [1.165, 1.54) is 6.07 Å². The molecule has 0 radical (unpaired) electrons. The lowest BCUT2D eigenvalue weighted by atomic mass is 10.1. The molecule has 1 heterocycles. The van der Waals surface area contributed by atoms with Gasteiger partial charge in [-0.1, -0.05) is 11.8 Å². The average Bonchev–Trinajstić information content (AvgIpc) is 3.31. The van der Waals surface area contributed by atoms with Gasteiger partial charge in [-0.05, 0) is 43.9 Å². The minimum absolute atomic E-state index is 0.00108. The number of thioether (sulfide) groups is 1. The van der Waals surface area contributed by atoms with Gasteiger partial charge in [0, 0.05) is 12.1 Å². The first-order valence-corrected chi connectivity index (χ1v) is 8.70. The normalized spacial score (nSPS) is 13.7. The summed E-state index contributed by atoms with van der Waals surface area (Å²) in [4.78, 5) is 34.5. The van der Waals surface area contributed by atoms with E-state index in [2.05, 4.69) is 15.5 Å². The number of rotatable bonds is 6. The summed E-state index contributed by atoms with van der Waals surface area (Å²) in [5.74, 6) is -0.393. The van der Waals surface area contributed by atoms with Crippen LogP contribution < -0.4 is 11.0 Å². The number of nitrogens with one attached hydrogen (secondary N) is 2. The molecule has 1 fully saturated rings. The molecule has 10 heteroatoms. The monoisotopic (exact) mass is 363 g/mol. The van der Waals surface area contributed by atoms with Crippen molar-refractivity contribution in [2.45, 2.75) is 37.9 Å². The molecule has 1 aliphatic rings. The highest BCUT2D eigenvalue weighted by Gasteiger charge is 2.29. The minimum atomic E-state index is -0.520. The maximum Gasteiger partial charge on any atom is 0.344 e. The van der Waals surface area contributed by atoms with Crippen LogP contribution in [0.3, 0.4) is 0 Å². The van der Waals surface area contributed by atoms with Gasteiger partial charge in [0.25, 0.3) is 5.69 Å². The minimum Gasteiger partial charge on any atom is -0.320 e. The SMILES string of the molecule is Cc1cc(NC(=O)CSc2n[nH]c(=O)n2C2CC2)c([N+](=O)[O-])cc1C. The summed E-state index contributed by atoms with van der Waals surface area (Å²) in [6.45, 7) is 3.60. The fraction of sp³-hybridized carbons (Fsp3) is 0.400. The van der Waals surface area contributed by atoms with Crippen molar-refractivity contribution in [1.29, 1.82) is 0 Å². The largest absolute Gasteiger partial charge is 0.344 e. The van der Waals surface area contributed by atoms with Gasteiger partial charge < -0.3 is 5.32 Å². The Morgan fingerprint density at radius 2 is 2.12 bits per heavy atom. The van der Waals surface area contributed by atoms with Crippen LogP contribution in [0, 0.1) is 24.0 Å². The number of nitro groups is 1. The second-order valence-electron chi connectivity index (χ2n) is 5.96. The molecule has 1 saturated carbocycles. The smallest absolute Gasteiger partial charge is 0.320 e. The third kappa shape index (κ3) is 3.73. The summed E-state index contributed by atoms with van der Waals surface area (Å²) in [6, 6.07) is 3.18. The molecule has 0 unspecified atom stereocenters. The molecule has 0 atom stereocenters. The average molecular weight is 363 g/mol. The van der Waals surface area contributed by atoms with E-state index in [1.54, 1.807) is 17.6 Å². The molecular formula is C15H17N5O4S. The number of benzene rings is 1. The first-order chi connectivity index (χ1) is 11.9. The van der Waals surface area contributed by atoms with Gasteiger partial charge in [-0.2, -0.15) is 0 Å². The Kier molecular flexibility index (Phi) is 4.62. The molecule has 25 heavy (non-hydrogen) atoms. The van der Waals surface area contributed by atoms with Gasteiger partial charge in [0.2, 0.25) is 5.91 Å². The molecule has 3 rings (SSSR count). The molecule has 2 aromatic rings. The van der Waals surface area contributed by atoms with Crippen LogP contribution >= 0.6 is 11.8 Å². The van der Waals surface area contributed by atoms with Crippen LogP contribution in [0.4, 0.5) is 11.4 Å². The van der Waals surface area contributed by atoms with Crippen molar-refractivity contribution in [1.82, 2.24) is 14.8 Å². The number of aromatic amines is 1. The molecule has 0 spiro atoms. The lowest BCUT2D eigenvalue weighted by molar-refractivity contribution is -0.384. The third-order valence-electron chi connectivity index (χ3n) is 4.00. The molecule has 132 valence electrons. The zero-order chi connectivity index (χ0) is 18.1. The summed E-state index contributed by atoms with van der Waals surface area (Å²) in [5, 5.41) is 20.5. The predicted octanol–water partition coefficient (Wildman–Crippen LogP) is 2.16. The quantitative estimate of drug-likeness (QED) is 0.460. The van der Waals surface area contributed by atoms with Crippen LogP contribution in [0.15, 0.2) is 22.1 Å². The number of nitrogens with zero attached hydrogens (tertiary/aromatic N) is 3. The van der Waals surface area contributed by atoms with Crippen LogP contribution in [0.2, 0.25) is 0 Å². The Morgan fingerprint density at radius 3 is 2.76 bits per heavy atom. The Balaban J connectivity index is 1.70. The first kappa shape index (κ1) is 17.2. The van der Waals surface area contributed by atoms with E-state index in [0.29, 0.717) is 5.16 Å². The molecule has 1 amide bonds.